The van der Waals surface area contributed by atoms with Crippen molar-refractivity contribution < 1.29 is 9.90 Å². The lowest BCUT2D eigenvalue weighted by Crippen LogP contribution is -2.40. The maximum atomic E-state index is 11.6. The number of carbonyl (C=O) groups excluding carboxylic acids is 1. The lowest BCUT2D eigenvalue weighted by Gasteiger charge is -2.18. The van der Waals surface area contributed by atoms with E-state index in [-0.39, 0.29) is 24.5 Å². The third-order valence-corrected chi connectivity index (χ3v) is 3.60. The number of aliphatic hydroxyl groups is 1. The van der Waals surface area contributed by atoms with Gasteiger partial charge >= 0.3 is 0 Å². The summed E-state index contributed by atoms with van der Waals surface area (Å²) in [6, 6.07) is 1.84. The minimum absolute atomic E-state index is 0.0325. The van der Waals surface area contributed by atoms with Crippen molar-refractivity contribution in [3.8, 4) is 0 Å². The van der Waals surface area contributed by atoms with E-state index in [2.05, 4.69) is 5.32 Å². The molecule has 0 fully saturated rings. The largest absolute Gasteiger partial charge is 0.394 e. The van der Waals surface area contributed by atoms with Gasteiger partial charge in [0.25, 0.3) is 0 Å². The first-order valence-corrected chi connectivity index (χ1v) is 6.56. The second kappa shape index (κ2) is 6.57. The molecule has 0 spiro atoms. The molecular formula is C13H19NO2S. The Hall–Kier alpha value is -1.13. The van der Waals surface area contributed by atoms with Crippen LogP contribution in [0.5, 0.6) is 0 Å². The van der Waals surface area contributed by atoms with E-state index in [1.54, 1.807) is 11.3 Å². The minimum atomic E-state index is -0.184. The molecule has 1 aromatic rings. The van der Waals surface area contributed by atoms with Crippen molar-refractivity contribution in [1.82, 2.24) is 5.32 Å². The van der Waals surface area contributed by atoms with Crippen LogP contribution in [0, 0.1) is 12.8 Å². The Balaban J connectivity index is 2.55. The molecule has 0 radical (unpaired) electrons. The van der Waals surface area contributed by atoms with Crippen molar-refractivity contribution in [2.45, 2.75) is 26.8 Å². The van der Waals surface area contributed by atoms with Gasteiger partial charge in [-0.05, 0) is 35.9 Å². The zero-order valence-corrected chi connectivity index (χ0v) is 11.3. The third kappa shape index (κ3) is 4.32. The highest BCUT2D eigenvalue weighted by molar-refractivity contribution is 7.11. The molecule has 1 rings (SSSR count). The number of aryl methyl sites for hydroxylation is 1. The maximum absolute atomic E-state index is 11.6. The van der Waals surface area contributed by atoms with E-state index in [1.807, 2.05) is 38.3 Å². The monoisotopic (exact) mass is 253 g/mol. The van der Waals surface area contributed by atoms with Gasteiger partial charge in [0.1, 0.15) is 0 Å². The van der Waals surface area contributed by atoms with Gasteiger partial charge in [-0.2, -0.15) is 0 Å². The summed E-state index contributed by atoms with van der Waals surface area (Å²) >= 11 is 1.61. The van der Waals surface area contributed by atoms with E-state index in [0.29, 0.717) is 0 Å². The van der Waals surface area contributed by atoms with Crippen molar-refractivity contribution in [2.24, 2.45) is 5.92 Å². The zero-order valence-electron chi connectivity index (χ0n) is 10.4. The Kier molecular flexibility index (Phi) is 5.38. The first-order valence-electron chi connectivity index (χ1n) is 5.68. The smallest absolute Gasteiger partial charge is 0.244 e. The van der Waals surface area contributed by atoms with Gasteiger partial charge in [0.05, 0.1) is 12.6 Å². The van der Waals surface area contributed by atoms with Gasteiger partial charge in [0.2, 0.25) is 5.91 Å². The number of amides is 1. The molecule has 94 valence electrons. The van der Waals surface area contributed by atoms with E-state index in [9.17, 15) is 4.79 Å². The number of thiophene rings is 1. The van der Waals surface area contributed by atoms with Gasteiger partial charge in [-0.3, -0.25) is 4.79 Å². The van der Waals surface area contributed by atoms with E-state index in [0.717, 1.165) is 4.88 Å². The molecule has 3 nitrogen and oxygen atoms in total. The number of hydrogen-bond donors (Lipinski definition) is 2. The third-order valence-electron chi connectivity index (χ3n) is 2.62. The van der Waals surface area contributed by atoms with Crippen molar-refractivity contribution in [1.29, 1.82) is 0 Å². The Morgan fingerprint density at radius 3 is 2.76 bits per heavy atom. The van der Waals surface area contributed by atoms with E-state index >= 15 is 0 Å². The van der Waals surface area contributed by atoms with Crippen LogP contribution in [0.3, 0.4) is 0 Å². The Bertz CT molecular complexity index is 396. The average molecular weight is 253 g/mol. The van der Waals surface area contributed by atoms with Gasteiger partial charge < -0.3 is 10.4 Å². The fourth-order valence-corrected chi connectivity index (χ4v) is 2.18. The number of carbonyl (C=O) groups is 1. The molecule has 0 aliphatic rings. The van der Waals surface area contributed by atoms with Gasteiger partial charge in [-0.25, -0.2) is 0 Å². The highest BCUT2D eigenvalue weighted by atomic mass is 32.1. The summed E-state index contributed by atoms with van der Waals surface area (Å²) in [6.07, 6.45) is 3.33. The molecule has 0 saturated carbocycles. The molecule has 0 aliphatic carbocycles. The van der Waals surface area contributed by atoms with Crippen molar-refractivity contribution >= 4 is 23.3 Å². The maximum Gasteiger partial charge on any atom is 0.244 e. The van der Waals surface area contributed by atoms with Gasteiger partial charge in [-0.15, -0.1) is 11.3 Å². The molecule has 4 heteroatoms. The van der Waals surface area contributed by atoms with Crippen molar-refractivity contribution in [2.75, 3.05) is 6.61 Å². The van der Waals surface area contributed by atoms with E-state index in [1.165, 1.54) is 11.6 Å². The van der Waals surface area contributed by atoms with Crippen LogP contribution < -0.4 is 5.32 Å². The molecule has 0 saturated heterocycles. The van der Waals surface area contributed by atoms with Gasteiger partial charge in [0.15, 0.2) is 0 Å². The number of hydrogen-bond acceptors (Lipinski definition) is 3. The average Bonchev–Trinajstić information content (AvgIpc) is 2.68. The van der Waals surface area contributed by atoms with Gasteiger partial charge in [-0.1, -0.05) is 13.8 Å². The highest BCUT2D eigenvalue weighted by Crippen LogP contribution is 2.16. The lowest BCUT2D eigenvalue weighted by atomic mass is 10.1. The molecule has 0 bridgehead atoms. The second-order valence-electron chi connectivity index (χ2n) is 4.34. The second-order valence-corrected chi connectivity index (χ2v) is 5.29. The quantitative estimate of drug-likeness (QED) is 0.790. The fraction of sp³-hybridized carbons (Fsp3) is 0.462. The fourth-order valence-electron chi connectivity index (χ4n) is 1.36. The number of rotatable bonds is 5. The van der Waals surface area contributed by atoms with Crippen LogP contribution in [0.4, 0.5) is 0 Å². The first-order chi connectivity index (χ1) is 8.04. The molecule has 1 amide bonds. The minimum Gasteiger partial charge on any atom is -0.394 e. The Morgan fingerprint density at radius 1 is 1.59 bits per heavy atom. The highest BCUT2D eigenvalue weighted by Gasteiger charge is 2.13. The normalized spacial score (nSPS) is 13.2. The summed E-state index contributed by atoms with van der Waals surface area (Å²) in [6.45, 7) is 5.91. The van der Waals surface area contributed by atoms with Crippen LogP contribution in [-0.4, -0.2) is 23.7 Å². The first kappa shape index (κ1) is 13.9. The molecule has 1 heterocycles. The number of aliphatic hydroxyl groups excluding tert-OH is 1. The Labute approximate surface area is 106 Å². The lowest BCUT2D eigenvalue weighted by molar-refractivity contribution is -0.117. The molecule has 0 aliphatic heterocycles. The van der Waals surface area contributed by atoms with Crippen molar-refractivity contribution in [3.05, 3.63) is 28.0 Å². The molecule has 17 heavy (non-hydrogen) atoms. The Morgan fingerprint density at radius 2 is 2.29 bits per heavy atom. The molecule has 1 atom stereocenters. The summed E-state index contributed by atoms with van der Waals surface area (Å²) in [7, 11) is 0. The topological polar surface area (TPSA) is 49.3 Å². The molecule has 0 unspecified atom stereocenters. The van der Waals surface area contributed by atoms with E-state index in [4.69, 9.17) is 5.11 Å². The van der Waals surface area contributed by atoms with E-state index < -0.39 is 0 Å². The van der Waals surface area contributed by atoms with Crippen LogP contribution >= 0.6 is 11.3 Å². The summed E-state index contributed by atoms with van der Waals surface area (Å²) in [5.41, 5.74) is 1.17. The van der Waals surface area contributed by atoms with Crippen molar-refractivity contribution in [3.63, 3.8) is 0 Å². The van der Waals surface area contributed by atoms with Crippen LogP contribution in [0.2, 0.25) is 0 Å². The molecule has 0 aromatic carbocycles. The van der Waals surface area contributed by atoms with Crippen LogP contribution in [-0.2, 0) is 4.79 Å². The summed E-state index contributed by atoms with van der Waals surface area (Å²) in [4.78, 5) is 12.7. The molecular weight excluding hydrogens is 234 g/mol. The number of nitrogens with one attached hydrogen (secondary N) is 1. The molecule has 1 aromatic heterocycles. The molecule has 2 N–H and O–H groups in total. The van der Waals surface area contributed by atoms with Crippen LogP contribution in [0.1, 0.15) is 24.3 Å². The zero-order chi connectivity index (χ0) is 12.8. The standard InChI is InChI=1S/C13H19NO2S/c1-9(2)11(8-15)14-13(16)5-4-12-10(3)6-7-17-12/h4-7,9,11,15H,8H2,1-3H3,(H,14,16)/t11-/m1/s1. The van der Waals surface area contributed by atoms with Crippen LogP contribution in [0.15, 0.2) is 17.5 Å². The summed E-state index contributed by atoms with van der Waals surface area (Å²) < 4.78 is 0. The van der Waals surface area contributed by atoms with Gasteiger partial charge in [0, 0.05) is 11.0 Å². The SMILES string of the molecule is Cc1ccsc1C=CC(=O)N[C@H](CO)C(C)C. The predicted molar refractivity (Wildman–Crippen MR) is 71.9 cm³/mol. The summed E-state index contributed by atoms with van der Waals surface area (Å²) in [5.74, 6) is 0.0615. The summed E-state index contributed by atoms with van der Waals surface area (Å²) in [5, 5.41) is 13.9. The predicted octanol–water partition coefficient (Wildman–Crippen LogP) is 2.20. The van der Waals surface area contributed by atoms with Crippen LogP contribution in [0.25, 0.3) is 6.08 Å².